The Balaban J connectivity index is 3.06. The van der Waals surface area contributed by atoms with Gasteiger partial charge in [-0.1, -0.05) is 81.2 Å². The molecule has 26 heavy (non-hydrogen) atoms. The SMILES string of the molecule is COc1c(OC=O)c(Cl)c(Cl)c(-c2c(Cl)c(Cl)c(Cl)c(Cl)c2Cl)c1OC. The third-order valence-electron chi connectivity index (χ3n) is 3.29. The Morgan fingerprint density at radius 1 is 0.577 bits per heavy atom. The number of hydrogen-bond acceptors (Lipinski definition) is 4. The monoisotopic (exact) mass is 496 g/mol. The zero-order chi connectivity index (χ0) is 19.8. The fraction of sp³-hybridized carbons (Fsp3) is 0.133. The first-order valence-electron chi connectivity index (χ1n) is 6.47. The van der Waals surface area contributed by atoms with Crippen molar-refractivity contribution in [1.82, 2.24) is 0 Å². The van der Waals surface area contributed by atoms with Crippen molar-refractivity contribution < 1.29 is 19.0 Å². The second kappa shape index (κ2) is 8.70. The maximum absolute atomic E-state index is 10.8. The van der Waals surface area contributed by atoms with E-state index in [9.17, 15) is 4.79 Å². The van der Waals surface area contributed by atoms with Crippen LogP contribution < -0.4 is 14.2 Å². The van der Waals surface area contributed by atoms with Crippen LogP contribution in [-0.4, -0.2) is 20.7 Å². The maximum atomic E-state index is 10.8. The van der Waals surface area contributed by atoms with Gasteiger partial charge in [0.05, 0.1) is 49.9 Å². The molecule has 0 unspecified atom stereocenters. The van der Waals surface area contributed by atoms with Gasteiger partial charge in [0.15, 0.2) is 11.5 Å². The van der Waals surface area contributed by atoms with Gasteiger partial charge >= 0.3 is 0 Å². The molecule has 0 saturated heterocycles. The molecular weight excluding hydrogens is 492 g/mol. The smallest absolute Gasteiger partial charge is 0.298 e. The number of hydrogen-bond donors (Lipinski definition) is 0. The Bertz CT molecular complexity index is 870. The largest absolute Gasteiger partial charge is 0.492 e. The van der Waals surface area contributed by atoms with Crippen molar-refractivity contribution in [3.8, 4) is 28.4 Å². The lowest BCUT2D eigenvalue weighted by Gasteiger charge is -2.21. The molecule has 0 saturated carbocycles. The molecule has 2 rings (SSSR count). The molecule has 11 heteroatoms. The normalized spacial score (nSPS) is 10.7. The fourth-order valence-electron chi connectivity index (χ4n) is 2.21. The Labute approximate surface area is 183 Å². The second-order valence-electron chi connectivity index (χ2n) is 4.56. The molecule has 0 amide bonds. The molecule has 2 aromatic carbocycles. The summed E-state index contributed by atoms with van der Waals surface area (Å²) in [6.07, 6.45) is 0. The van der Waals surface area contributed by atoms with E-state index in [0.717, 1.165) is 0 Å². The number of methoxy groups -OCH3 is 2. The lowest BCUT2D eigenvalue weighted by Crippen LogP contribution is -2.01. The Kier molecular flexibility index (Phi) is 7.30. The van der Waals surface area contributed by atoms with E-state index in [1.54, 1.807) is 0 Å². The van der Waals surface area contributed by atoms with Gasteiger partial charge in [-0.3, -0.25) is 4.79 Å². The van der Waals surface area contributed by atoms with Crippen LogP contribution >= 0.6 is 81.2 Å². The van der Waals surface area contributed by atoms with Crippen LogP contribution in [-0.2, 0) is 4.79 Å². The van der Waals surface area contributed by atoms with Gasteiger partial charge < -0.3 is 14.2 Å². The zero-order valence-corrected chi connectivity index (χ0v) is 18.1. The van der Waals surface area contributed by atoms with E-state index in [2.05, 4.69) is 0 Å². The average Bonchev–Trinajstić information content (AvgIpc) is 2.63. The summed E-state index contributed by atoms with van der Waals surface area (Å²) in [5.41, 5.74) is 0.247. The van der Waals surface area contributed by atoms with Crippen LogP contribution in [0.25, 0.3) is 11.1 Å². The van der Waals surface area contributed by atoms with Crippen LogP contribution in [0, 0.1) is 0 Å². The average molecular weight is 499 g/mol. The number of halogens is 7. The maximum Gasteiger partial charge on any atom is 0.298 e. The van der Waals surface area contributed by atoms with E-state index in [-0.39, 0.29) is 70.0 Å². The highest BCUT2D eigenvalue weighted by atomic mass is 35.5. The van der Waals surface area contributed by atoms with Crippen LogP contribution in [0.15, 0.2) is 0 Å². The number of rotatable bonds is 5. The lowest BCUT2D eigenvalue weighted by molar-refractivity contribution is -0.120. The summed E-state index contributed by atoms with van der Waals surface area (Å²) in [6, 6.07) is 0. The second-order valence-corrected chi connectivity index (χ2v) is 7.20. The van der Waals surface area contributed by atoms with E-state index >= 15 is 0 Å². The van der Waals surface area contributed by atoms with Gasteiger partial charge in [0.2, 0.25) is 5.75 Å². The van der Waals surface area contributed by atoms with Crippen molar-refractivity contribution in [3.63, 3.8) is 0 Å². The first-order chi connectivity index (χ1) is 12.2. The first kappa shape index (κ1) is 21.8. The Morgan fingerprint density at radius 3 is 1.42 bits per heavy atom. The number of carbonyl (C=O) groups excluding carboxylic acids is 1. The van der Waals surface area contributed by atoms with E-state index in [1.807, 2.05) is 0 Å². The molecule has 0 N–H and O–H groups in total. The van der Waals surface area contributed by atoms with Gasteiger partial charge in [-0.25, -0.2) is 0 Å². The van der Waals surface area contributed by atoms with Gasteiger partial charge in [0, 0.05) is 5.56 Å². The van der Waals surface area contributed by atoms with Crippen molar-refractivity contribution in [2.75, 3.05) is 14.2 Å². The molecule has 0 aliphatic heterocycles. The molecule has 0 atom stereocenters. The van der Waals surface area contributed by atoms with E-state index < -0.39 is 0 Å². The molecule has 0 fully saturated rings. The van der Waals surface area contributed by atoms with Crippen LogP contribution in [0.5, 0.6) is 17.2 Å². The summed E-state index contributed by atoms with van der Waals surface area (Å²) < 4.78 is 15.5. The summed E-state index contributed by atoms with van der Waals surface area (Å²) in [5.74, 6) is -0.122. The minimum absolute atomic E-state index is 0.0154. The lowest BCUT2D eigenvalue weighted by atomic mass is 10.0. The van der Waals surface area contributed by atoms with Crippen LogP contribution in [0.2, 0.25) is 35.2 Å². The predicted octanol–water partition coefficient (Wildman–Crippen LogP) is 7.48. The van der Waals surface area contributed by atoms with Gasteiger partial charge in [-0.2, -0.15) is 0 Å². The molecule has 0 heterocycles. The third-order valence-corrected chi connectivity index (χ3v) is 6.40. The van der Waals surface area contributed by atoms with Crippen molar-refractivity contribution in [3.05, 3.63) is 35.2 Å². The standard InChI is InChI=1S/C15H7Cl7O4/c1-24-13-5(4-6(16)9(19)11(21)10(20)7(4)17)8(18)12(22)14(26-3-23)15(13)25-2/h3H,1-2H3. The zero-order valence-electron chi connectivity index (χ0n) is 12.9. The topological polar surface area (TPSA) is 44.8 Å². The van der Waals surface area contributed by atoms with Crippen molar-refractivity contribution in [1.29, 1.82) is 0 Å². The molecule has 0 radical (unpaired) electrons. The summed E-state index contributed by atoms with van der Waals surface area (Å²) in [4.78, 5) is 10.8. The van der Waals surface area contributed by atoms with Gasteiger partial charge in [0.1, 0.15) is 5.02 Å². The summed E-state index contributed by atoms with van der Waals surface area (Å²) >= 11 is 43.5. The highest BCUT2D eigenvalue weighted by molar-refractivity contribution is 6.57. The minimum atomic E-state index is -0.145. The molecule has 4 nitrogen and oxygen atoms in total. The Morgan fingerprint density at radius 2 is 1.00 bits per heavy atom. The van der Waals surface area contributed by atoms with Crippen LogP contribution in [0.1, 0.15) is 0 Å². The Hall–Kier alpha value is -0.460. The van der Waals surface area contributed by atoms with E-state index in [4.69, 9.17) is 95.4 Å². The van der Waals surface area contributed by atoms with Gasteiger partial charge in [-0.05, 0) is 0 Å². The highest BCUT2D eigenvalue weighted by Crippen LogP contribution is 2.58. The van der Waals surface area contributed by atoms with Crippen molar-refractivity contribution >= 4 is 87.7 Å². The molecule has 0 aliphatic rings. The minimum Gasteiger partial charge on any atom is -0.492 e. The number of benzene rings is 2. The van der Waals surface area contributed by atoms with Crippen LogP contribution in [0.4, 0.5) is 0 Å². The summed E-state index contributed by atoms with van der Waals surface area (Å²) in [5, 5.41) is -0.401. The molecule has 0 aromatic heterocycles. The molecule has 0 aliphatic carbocycles. The van der Waals surface area contributed by atoms with Crippen LogP contribution in [0.3, 0.4) is 0 Å². The summed E-state index contributed by atoms with van der Waals surface area (Å²) in [7, 11) is 2.64. The predicted molar refractivity (Wildman–Crippen MR) is 107 cm³/mol. The van der Waals surface area contributed by atoms with E-state index in [0.29, 0.717) is 0 Å². The third kappa shape index (κ3) is 3.49. The highest BCUT2D eigenvalue weighted by Gasteiger charge is 2.31. The molecule has 0 bridgehead atoms. The van der Waals surface area contributed by atoms with E-state index in [1.165, 1.54) is 14.2 Å². The molecule has 0 spiro atoms. The number of ether oxygens (including phenoxy) is 3. The molecule has 140 valence electrons. The van der Waals surface area contributed by atoms with Gasteiger partial charge in [-0.15, -0.1) is 0 Å². The summed E-state index contributed by atoms with van der Waals surface area (Å²) in [6.45, 7) is 0.162. The quantitative estimate of drug-likeness (QED) is 0.243. The molecular formula is C15H7Cl7O4. The first-order valence-corrected chi connectivity index (χ1v) is 9.12. The molecule has 2 aromatic rings. The fourth-order valence-corrected chi connectivity index (χ4v) is 4.02. The van der Waals surface area contributed by atoms with Crippen molar-refractivity contribution in [2.24, 2.45) is 0 Å². The van der Waals surface area contributed by atoms with Crippen molar-refractivity contribution in [2.45, 2.75) is 0 Å². The van der Waals surface area contributed by atoms with Gasteiger partial charge in [0.25, 0.3) is 6.47 Å². The number of carbonyl (C=O) groups is 1.